The van der Waals surface area contributed by atoms with Crippen LogP contribution >= 0.6 is 23.4 Å². The summed E-state index contributed by atoms with van der Waals surface area (Å²) < 4.78 is 5.12. The van der Waals surface area contributed by atoms with Crippen molar-refractivity contribution in [1.82, 2.24) is 10.2 Å². The monoisotopic (exact) mass is 218 g/mol. The summed E-state index contributed by atoms with van der Waals surface area (Å²) in [6.07, 6.45) is 3.40. The summed E-state index contributed by atoms with van der Waals surface area (Å²) in [5, 5.41) is 7.63. The van der Waals surface area contributed by atoms with Gasteiger partial charge < -0.3 is 4.42 Å². The second kappa shape index (κ2) is 4.33. The molecule has 2 heterocycles. The van der Waals surface area contributed by atoms with Gasteiger partial charge in [0, 0.05) is 6.42 Å². The summed E-state index contributed by atoms with van der Waals surface area (Å²) in [6, 6.07) is 0. The van der Waals surface area contributed by atoms with Crippen LogP contribution in [0.3, 0.4) is 0 Å². The lowest BCUT2D eigenvalue weighted by Crippen LogP contribution is -2.12. The predicted molar refractivity (Wildman–Crippen MR) is 53.1 cm³/mol. The normalized spacial score (nSPS) is 19.2. The number of rotatable bonds is 2. The molecule has 0 radical (unpaired) electrons. The fourth-order valence-electron chi connectivity index (χ4n) is 1.51. The van der Waals surface area contributed by atoms with Crippen molar-refractivity contribution < 1.29 is 4.42 Å². The molecule has 1 aromatic rings. The highest BCUT2D eigenvalue weighted by molar-refractivity contribution is 7.99. The molecule has 72 valence electrons. The smallest absolute Gasteiger partial charge is 0.312 e. The summed E-state index contributed by atoms with van der Waals surface area (Å²) in [6.45, 7) is 0. The molecule has 0 amide bonds. The zero-order valence-electron chi connectivity index (χ0n) is 7.20. The van der Waals surface area contributed by atoms with Crippen LogP contribution in [0.5, 0.6) is 0 Å². The van der Waals surface area contributed by atoms with Crippen LogP contribution in [0.25, 0.3) is 0 Å². The van der Waals surface area contributed by atoms with Crippen LogP contribution in [0.4, 0.5) is 0 Å². The van der Waals surface area contributed by atoms with E-state index in [0.717, 1.165) is 6.42 Å². The van der Waals surface area contributed by atoms with Crippen molar-refractivity contribution in [2.75, 3.05) is 11.5 Å². The Bertz CT molecular complexity index is 273. The topological polar surface area (TPSA) is 38.9 Å². The molecule has 0 atom stereocenters. The van der Waals surface area contributed by atoms with Gasteiger partial charge in [0.25, 0.3) is 0 Å². The number of aromatic nitrogens is 2. The molecule has 1 aliphatic rings. The van der Waals surface area contributed by atoms with Crippen molar-refractivity contribution in [1.29, 1.82) is 0 Å². The van der Waals surface area contributed by atoms with E-state index in [1.807, 2.05) is 11.8 Å². The van der Waals surface area contributed by atoms with Crippen molar-refractivity contribution in [3.8, 4) is 0 Å². The van der Waals surface area contributed by atoms with Gasteiger partial charge in [0.05, 0.1) is 0 Å². The van der Waals surface area contributed by atoms with Gasteiger partial charge in [-0.3, -0.25) is 0 Å². The van der Waals surface area contributed by atoms with Gasteiger partial charge in [0.2, 0.25) is 5.89 Å². The number of thioether (sulfide) groups is 1. The first-order valence-corrected chi connectivity index (χ1v) is 5.93. The molecule has 13 heavy (non-hydrogen) atoms. The molecule has 0 aliphatic carbocycles. The van der Waals surface area contributed by atoms with Gasteiger partial charge in [-0.2, -0.15) is 11.8 Å². The summed E-state index contributed by atoms with van der Waals surface area (Å²) in [5.74, 6) is 3.90. The third kappa shape index (κ3) is 2.61. The zero-order valence-corrected chi connectivity index (χ0v) is 8.77. The van der Waals surface area contributed by atoms with Gasteiger partial charge in [-0.05, 0) is 41.9 Å². The highest BCUT2D eigenvalue weighted by Gasteiger charge is 2.17. The van der Waals surface area contributed by atoms with Crippen molar-refractivity contribution in [2.24, 2.45) is 5.92 Å². The number of hydrogen-bond acceptors (Lipinski definition) is 4. The maximum absolute atomic E-state index is 5.53. The van der Waals surface area contributed by atoms with Gasteiger partial charge in [0.1, 0.15) is 0 Å². The molecule has 1 fully saturated rings. The number of halogens is 1. The van der Waals surface area contributed by atoms with E-state index in [4.69, 9.17) is 16.0 Å². The highest BCUT2D eigenvalue weighted by atomic mass is 35.5. The number of nitrogens with zero attached hydrogens (tertiary/aromatic N) is 2. The van der Waals surface area contributed by atoms with Crippen LogP contribution < -0.4 is 0 Å². The largest absolute Gasteiger partial charge is 0.412 e. The first-order chi connectivity index (χ1) is 6.34. The molecule has 0 unspecified atom stereocenters. The molecule has 0 saturated carbocycles. The first kappa shape index (κ1) is 9.34. The van der Waals surface area contributed by atoms with E-state index in [1.165, 1.54) is 24.3 Å². The molecule has 0 aromatic carbocycles. The molecule has 5 heteroatoms. The van der Waals surface area contributed by atoms with Crippen molar-refractivity contribution in [2.45, 2.75) is 19.3 Å². The van der Waals surface area contributed by atoms with Gasteiger partial charge in [-0.25, -0.2) is 0 Å². The summed E-state index contributed by atoms with van der Waals surface area (Å²) in [5.41, 5.74) is 0. The van der Waals surface area contributed by atoms with Crippen LogP contribution in [0.1, 0.15) is 18.7 Å². The molecule has 0 spiro atoms. The Labute approximate surface area is 86.2 Å². The van der Waals surface area contributed by atoms with E-state index >= 15 is 0 Å². The maximum Gasteiger partial charge on any atom is 0.312 e. The SMILES string of the molecule is Clc1nnc(CC2CCSCC2)o1. The molecule has 3 nitrogen and oxygen atoms in total. The van der Waals surface area contributed by atoms with Crippen LogP contribution in [-0.4, -0.2) is 21.7 Å². The third-order valence-electron chi connectivity index (χ3n) is 2.25. The van der Waals surface area contributed by atoms with Crippen LogP contribution in [0.15, 0.2) is 4.42 Å². The molecule has 0 bridgehead atoms. The molecule has 0 N–H and O–H groups in total. The average molecular weight is 219 g/mol. The molecule has 1 aliphatic heterocycles. The summed E-state index contributed by atoms with van der Waals surface area (Å²) >= 11 is 7.56. The maximum atomic E-state index is 5.53. The van der Waals surface area contributed by atoms with Gasteiger partial charge in [0.15, 0.2) is 0 Å². The second-order valence-electron chi connectivity index (χ2n) is 3.21. The first-order valence-electron chi connectivity index (χ1n) is 4.40. The van der Waals surface area contributed by atoms with Gasteiger partial charge in [-0.1, -0.05) is 5.10 Å². The quantitative estimate of drug-likeness (QED) is 0.764. The standard InChI is InChI=1S/C8H11ClN2OS/c9-8-11-10-7(12-8)5-6-1-3-13-4-2-6/h6H,1-5H2. The van der Waals surface area contributed by atoms with E-state index in [-0.39, 0.29) is 5.35 Å². The van der Waals surface area contributed by atoms with E-state index in [9.17, 15) is 0 Å². The molecular weight excluding hydrogens is 208 g/mol. The lowest BCUT2D eigenvalue weighted by molar-refractivity contribution is 0.409. The zero-order chi connectivity index (χ0) is 9.10. The van der Waals surface area contributed by atoms with Crippen molar-refractivity contribution in [3.63, 3.8) is 0 Å². The van der Waals surface area contributed by atoms with Crippen LogP contribution in [0, 0.1) is 5.92 Å². The van der Waals surface area contributed by atoms with Crippen molar-refractivity contribution >= 4 is 23.4 Å². The Morgan fingerprint density at radius 1 is 1.38 bits per heavy atom. The van der Waals surface area contributed by atoms with E-state index in [0.29, 0.717) is 11.8 Å². The summed E-state index contributed by atoms with van der Waals surface area (Å²) in [4.78, 5) is 0. The summed E-state index contributed by atoms with van der Waals surface area (Å²) in [7, 11) is 0. The van der Waals surface area contributed by atoms with Crippen LogP contribution in [-0.2, 0) is 6.42 Å². The number of hydrogen-bond donors (Lipinski definition) is 0. The Balaban J connectivity index is 1.89. The Hall–Kier alpha value is -0.220. The molecule has 2 rings (SSSR count). The van der Waals surface area contributed by atoms with Gasteiger partial charge >= 0.3 is 5.35 Å². The Morgan fingerprint density at radius 3 is 2.77 bits per heavy atom. The average Bonchev–Trinajstić information content (AvgIpc) is 2.53. The Kier molecular flexibility index (Phi) is 3.11. The highest BCUT2D eigenvalue weighted by Crippen LogP contribution is 2.25. The van der Waals surface area contributed by atoms with Crippen molar-refractivity contribution in [3.05, 3.63) is 11.2 Å². The lowest BCUT2D eigenvalue weighted by Gasteiger charge is -2.19. The Morgan fingerprint density at radius 2 is 2.15 bits per heavy atom. The minimum Gasteiger partial charge on any atom is -0.412 e. The van der Waals surface area contributed by atoms with Crippen LogP contribution in [0.2, 0.25) is 5.35 Å². The van der Waals surface area contributed by atoms with E-state index in [2.05, 4.69) is 10.2 Å². The molecule has 1 aromatic heterocycles. The fourth-order valence-corrected chi connectivity index (χ4v) is 2.84. The minimum atomic E-state index is 0.153. The lowest BCUT2D eigenvalue weighted by atomic mass is 9.99. The van der Waals surface area contributed by atoms with E-state index < -0.39 is 0 Å². The van der Waals surface area contributed by atoms with Gasteiger partial charge in [-0.15, -0.1) is 5.10 Å². The fraction of sp³-hybridized carbons (Fsp3) is 0.750. The predicted octanol–water partition coefficient (Wildman–Crippen LogP) is 2.41. The molecule has 1 saturated heterocycles. The third-order valence-corrected chi connectivity index (χ3v) is 3.45. The van der Waals surface area contributed by atoms with E-state index in [1.54, 1.807) is 0 Å². The minimum absolute atomic E-state index is 0.153. The molecular formula is C8H11ClN2OS. The second-order valence-corrected chi connectivity index (χ2v) is 4.76.